The van der Waals surface area contributed by atoms with Gasteiger partial charge in [0.25, 0.3) is 0 Å². The van der Waals surface area contributed by atoms with Crippen LogP contribution in [0.2, 0.25) is 0 Å². The third-order valence-corrected chi connectivity index (χ3v) is 7.85. The second kappa shape index (κ2) is 17.8. The van der Waals surface area contributed by atoms with Crippen molar-refractivity contribution in [1.29, 1.82) is 0 Å². The zero-order valence-electron chi connectivity index (χ0n) is 25.2. The number of aliphatic hydroxyl groups excluding tert-OH is 1. The van der Waals surface area contributed by atoms with Crippen LogP contribution in [-0.4, -0.2) is 53.7 Å². The molecule has 2 aromatic carbocycles. The smallest absolute Gasteiger partial charge is 0.332 e. The lowest BCUT2D eigenvalue weighted by Gasteiger charge is -2.29. The fraction of sp³-hybridized carbons (Fsp3) is 0.429. The quantitative estimate of drug-likeness (QED) is 0.172. The van der Waals surface area contributed by atoms with Crippen LogP contribution >= 0.6 is 0 Å². The summed E-state index contributed by atoms with van der Waals surface area (Å²) in [7, 11) is 0. The molecule has 0 unspecified atom stereocenters. The van der Waals surface area contributed by atoms with Gasteiger partial charge in [0, 0.05) is 6.42 Å². The van der Waals surface area contributed by atoms with E-state index in [1.807, 2.05) is 48.5 Å². The summed E-state index contributed by atoms with van der Waals surface area (Å²) in [6.07, 6.45) is 7.13. The van der Waals surface area contributed by atoms with E-state index in [4.69, 9.17) is 9.47 Å². The van der Waals surface area contributed by atoms with E-state index in [-0.39, 0.29) is 32.0 Å². The number of ether oxygens (including phenoxy) is 2. The van der Waals surface area contributed by atoms with Gasteiger partial charge in [-0.2, -0.15) is 0 Å². The fourth-order valence-electron chi connectivity index (χ4n) is 5.36. The van der Waals surface area contributed by atoms with Crippen molar-refractivity contribution >= 4 is 23.8 Å². The van der Waals surface area contributed by atoms with Gasteiger partial charge in [0.1, 0.15) is 13.2 Å². The van der Waals surface area contributed by atoms with Crippen molar-refractivity contribution < 1.29 is 33.8 Å². The average Bonchev–Trinajstić information content (AvgIpc) is 3.50. The molecular weight excluding hydrogens is 560 g/mol. The van der Waals surface area contributed by atoms with Crippen molar-refractivity contribution in [3.8, 4) is 0 Å². The van der Waals surface area contributed by atoms with E-state index >= 15 is 0 Å². The Bertz CT molecular complexity index is 1240. The van der Waals surface area contributed by atoms with Crippen molar-refractivity contribution in [2.75, 3.05) is 13.2 Å². The van der Waals surface area contributed by atoms with Crippen LogP contribution in [0, 0.1) is 11.8 Å². The third-order valence-electron chi connectivity index (χ3n) is 7.85. The molecule has 9 nitrogen and oxygen atoms in total. The minimum atomic E-state index is -1.30. The van der Waals surface area contributed by atoms with Crippen LogP contribution in [0.5, 0.6) is 0 Å². The number of carbonyl (C=O) groups is 4. The van der Waals surface area contributed by atoms with Crippen LogP contribution in [0.1, 0.15) is 56.1 Å². The Morgan fingerprint density at radius 3 is 2.02 bits per heavy atom. The van der Waals surface area contributed by atoms with Crippen LogP contribution in [0.15, 0.2) is 86.0 Å². The number of hydrogen-bond acceptors (Lipinski definition) is 7. The molecule has 2 amide bonds. The monoisotopic (exact) mass is 604 g/mol. The molecule has 1 fully saturated rings. The Kier molecular flexibility index (Phi) is 13.8. The maximum Gasteiger partial charge on any atom is 0.332 e. The van der Waals surface area contributed by atoms with Crippen molar-refractivity contribution in [3.63, 3.8) is 0 Å². The summed E-state index contributed by atoms with van der Waals surface area (Å²) in [5.74, 6) is -3.61. The lowest BCUT2D eigenvalue weighted by Crippen LogP contribution is -2.51. The number of nitrogens with one attached hydrogen (secondary N) is 2. The zero-order chi connectivity index (χ0) is 31.8. The Labute approximate surface area is 259 Å². The summed E-state index contributed by atoms with van der Waals surface area (Å²) in [4.78, 5) is 52.7. The molecule has 0 saturated heterocycles. The first-order valence-electron chi connectivity index (χ1n) is 15.1. The van der Waals surface area contributed by atoms with Crippen LogP contribution in [0.4, 0.5) is 0 Å². The van der Waals surface area contributed by atoms with Gasteiger partial charge in [-0.3, -0.25) is 14.4 Å². The lowest BCUT2D eigenvalue weighted by molar-refractivity contribution is -0.157. The van der Waals surface area contributed by atoms with Gasteiger partial charge in [0.05, 0.1) is 24.0 Å². The maximum absolute atomic E-state index is 13.4. The molecule has 236 valence electrons. The van der Waals surface area contributed by atoms with Gasteiger partial charge in [-0.1, -0.05) is 85.7 Å². The standard InChI is InChI=1S/C35H44N2O7/c1-3-13-28(22-31(39)37-35(25-38)19-11-12-20-35)32(40)36-30(34(42)43-23-27-17-9-6-10-18-27)24-44-33(41)29(14-4-2)21-26-15-7-5-8-16-26/h3-10,15-18,28-30,38H,1-2,11-14,19-25H2,(H,36,40)(H,37,39)/t28-,29-,30-/m1/s1. The van der Waals surface area contributed by atoms with Crippen LogP contribution < -0.4 is 10.6 Å². The Hall–Kier alpha value is -4.24. The second-order valence-electron chi connectivity index (χ2n) is 11.3. The SMILES string of the molecule is C=CC[C@H](CC(=O)NC1(CO)CCCC1)C(=O)N[C@H](COC(=O)[C@H](CC=C)Cc1ccccc1)C(=O)OCc1ccccc1. The summed E-state index contributed by atoms with van der Waals surface area (Å²) in [6, 6.07) is 17.3. The molecule has 44 heavy (non-hydrogen) atoms. The van der Waals surface area contributed by atoms with E-state index in [2.05, 4.69) is 23.8 Å². The number of esters is 2. The summed E-state index contributed by atoms with van der Waals surface area (Å²) in [6.45, 7) is 6.81. The minimum absolute atomic E-state index is 0.0329. The Morgan fingerprint density at radius 2 is 1.43 bits per heavy atom. The van der Waals surface area contributed by atoms with E-state index in [1.54, 1.807) is 18.2 Å². The van der Waals surface area contributed by atoms with Crippen LogP contribution in [-0.2, 0) is 41.7 Å². The van der Waals surface area contributed by atoms with Gasteiger partial charge in [-0.05, 0) is 43.2 Å². The molecule has 0 aromatic heterocycles. The highest BCUT2D eigenvalue weighted by Gasteiger charge is 2.36. The van der Waals surface area contributed by atoms with Crippen molar-refractivity contribution in [2.45, 2.75) is 69.6 Å². The van der Waals surface area contributed by atoms with E-state index in [0.717, 1.165) is 24.0 Å². The van der Waals surface area contributed by atoms with E-state index in [0.29, 0.717) is 25.7 Å². The molecule has 9 heteroatoms. The van der Waals surface area contributed by atoms with Crippen molar-refractivity contribution in [2.24, 2.45) is 11.8 Å². The molecule has 3 atom stereocenters. The minimum Gasteiger partial charge on any atom is -0.463 e. The highest BCUT2D eigenvalue weighted by molar-refractivity contribution is 5.89. The summed E-state index contributed by atoms with van der Waals surface area (Å²) in [5.41, 5.74) is 1.03. The van der Waals surface area contributed by atoms with E-state index in [1.165, 1.54) is 6.08 Å². The molecule has 3 rings (SSSR count). The first-order valence-corrected chi connectivity index (χ1v) is 15.1. The molecule has 1 aliphatic rings. The van der Waals surface area contributed by atoms with Gasteiger partial charge in [-0.15, -0.1) is 13.2 Å². The average molecular weight is 605 g/mol. The number of amides is 2. The van der Waals surface area contributed by atoms with Crippen molar-refractivity contribution in [1.82, 2.24) is 10.6 Å². The molecule has 3 N–H and O–H groups in total. The van der Waals surface area contributed by atoms with Crippen LogP contribution in [0.3, 0.4) is 0 Å². The fourth-order valence-corrected chi connectivity index (χ4v) is 5.36. The molecule has 0 heterocycles. The van der Waals surface area contributed by atoms with Gasteiger partial charge in [0.15, 0.2) is 6.04 Å². The number of hydrogen-bond donors (Lipinski definition) is 3. The number of carbonyl (C=O) groups excluding carboxylic acids is 4. The molecule has 2 aromatic rings. The van der Waals surface area contributed by atoms with Crippen molar-refractivity contribution in [3.05, 3.63) is 97.1 Å². The normalized spacial score (nSPS) is 15.7. The van der Waals surface area contributed by atoms with Gasteiger partial charge in [-0.25, -0.2) is 4.79 Å². The van der Waals surface area contributed by atoms with Gasteiger partial charge < -0.3 is 25.2 Å². The number of aliphatic hydroxyl groups is 1. The maximum atomic E-state index is 13.4. The highest BCUT2D eigenvalue weighted by atomic mass is 16.6. The molecule has 0 spiro atoms. The lowest BCUT2D eigenvalue weighted by atomic mass is 9.95. The molecule has 0 bridgehead atoms. The summed E-state index contributed by atoms with van der Waals surface area (Å²) < 4.78 is 11.0. The van der Waals surface area contributed by atoms with Crippen LogP contribution in [0.25, 0.3) is 0 Å². The molecule has 1 aliphatic carbocycles. The number of benzene rings is 2. The number of allylic oxidation sites excluding steroid dienone is 2. The van der Waals surface area contributed by atoms with E-state index < -0.39 is 47.9 Å². The second-order valence-corrected chi connectivity index (χ2v) is 11.3. The molecule has 0 radical (unpaired) electrons. The molecule has 0 aliphatic heterocycles. The highest BCUT2D eigenvalue weighted by Crippen LogP contribution is 2.29. The number of rotatable bonds is 18. The Morgan fingerprint density at radius 1 is 0.841 bits per heavy atom. The Balaban J connectivity index is 1.70. The zero-order valence-corrected chi connectivity index (χ0v) is 25.2. The van der Waals surface area contributed by atoms with Gasteiger partial charge in [0.2, 0.25) is 11.8 Å². The summed E-state index contributed by atoms with van der Waals surface area (Å²) >= 11 is 0. The predicted octanol–water partition coefficient (Wildman–Crippen LogP) is 4.20. The third kappa shape index (κ3) is 10.8. The molecule has 1 saturated carbocycles. The largest absolute Gasteiger partial charge is 0.463 e. The predicted molar refractivity (Wildman–Crippen MR) is 167 cm³/mol. The first kappa shape index (κ1) is 34.3. The van der Waals surface area contributed by atoms with Gasteiger partial charge >= 0.3 is 11.9 Å². The summed E-state index contributed by atoms with van der Waals surface area (Å²) in [5, 5.41) is 15.4. The molecular formula is C35H44N2O7. The first-order chi connectivity index (χ1) is 21.3. The van der Waals surface area contributed by atoms with E-state index in [9.17, 15) is 24.3 Å². The topological polar surface area (TPSA) is 131 Å².